The number of hydrogen-bond acceptors (Lipinski definition) is 10. The van der Waals surface area contributed by atoms with E-state index in [4.69, 9.17) is 8.22 Å². The molecule has 2 fully saturated rings. The molecule has 0 aliphatic heterocycles. The van der Waals surface area contributed by atoms with Crippen LogP contribution >= 0.6 is 0 Å². The Hall–Kier alpha value is -7.46. The molecule has 2 atom stereocenters. The average molecular weight is 1140 g/mol. The molecule has 0 bridgehead atoms. The van der Waals surface area contributed by atoms with E-state index in [0.717, 1.165) is 35.8 Å². The van der Waals surface area contributed by atoms with E-state index in [1.165, 1.54) is 33.9 Å². The van der Waals surface area contributed by atoms with Gasteiger partial charge in [-0.2, -0.15) is 0 Å². The number of alkyl halides is 4. The lowest BCUT2D eigenvalue weighted by Crippen LogP contribution is -2.30. The Balaban J connectivity index is 0.000000179. The second-order valence-corrected chi connectivity index (χ2v) is 25.0. The number of nitrogens with zero attached hydrogens (tertiary/aromatic N) is 10. The van der Waals surface area contributed by atoms with Crippen LogP contribution in [-0.2, 0) is 33.8 Å². The Morgan fingerprint density at radius 2 is 0.912 bits per heavy atom. The van der Waals surface area contributed by atoms with E-state index < -0.39 is 68.9 Å². The van der Waals surface area contributed by atoms with Gasteiger partial charge < -0.3 is 9.13 Å². The molecule has 6 aromatic heterocycles. The molecule has 0 amide bonds. The van der Waals surface area contributed by atoms with E-state index in [0.29, 0.717) is 22.2 Å². The standard InChI is InChI=1S/2C29H28F3N5O2S/c2*1-17-27(36(2)35-34-17)20-13-24-26(33-16-20)25-22(30)14-21(40(3,38)39)15-23(25)37(24)28(18-7-5-4-6-8-18)19-9-11-29(31,32)12-10-19/h2*4-8,13-16,19,28H,9-12H2,1-3H3/i2*1D3. The van der Waals surface area contributed by atoms with Gasteiger partial charge in [0.05, 0.1) is 88.5 Å². The van der Waals surface area contributed by atoms with Crippen LogP contribution in [0.4, 0.5) is 26.3 Å². The summed E-state index contributed by atoms with van der Waals surface area (Å²) in [6.07, 6.45) is 4.27. The lowest BCUT2D eigenvalue weighted by molar-refractivity contribution is -0.0498. The molecule has 4 aromatic carbocycles. The fraction of sp³-hybridized carbons (Fsp3) is 0.345. The maximum atomic E-state index is 15.9. The van der Waals surface area contributed by atoms with Crippen LogP contribution in [0.25, 0.3) is 66.4 Å². The monoisotopic (exact) mass is 1140 g/mol. The first kappa shape index (κ1) is 47.4. The highest BCUT2D eigenvalue weighted by atomic mass is 32.2. The Labute approximate surface area is 465 Å². The third-order valence-electron chi connectivity index (χ3n) is 15.6. The molecule has 10 aromatic rings. The predicted molar refractivity (Wildman–Crippen MR) is 293 cm³/mol. The van der Waals surface area contributed by atoms with Gasteiger partial charge in [-0.1, -0.05) is 71.1 Å². The van der Waals surface area contributed by atoms with Crippen molar-refractivity contribution in [2.75, 3.05) is 12.5 Å². The van der Waals surface area contributed by atoms with Gasteiger partial charge in [-0.25, -0.2) is 52.5 Å². The van der Waals surface area contributed by atoms with E-state index in [9.17, 15) is 34.4 Å². The molecule has 14 nitrogen and oxygen atoms in total. The summed E-state index contributed by atoms with van der Waals surface area (Å²) >= 11 is 0. The second kappa shape index (κ2) is 20.3. The highest BCUT2D eigenvalue weighted by Gasteiger charge is 2.42. The molecule has 0 radical (unpaired) electrons. The summed E-state index contributed by atoms with van der Waals surface area (Å²) < 4.78 is 193. The quantitative estimate of drug-likeness (QED) is 0.120. The zero-order chi connectivity index (χ0) is 61.8. The third-order valence-corrected chi connectivity index (χ3v) is 17.8. The van der Waals surface area contributed by atoms with Crippen molar-refractivity contribution >= 4 is 63.5 Å². The minimum Gasteiger partial charge on any atom is -0.331 e. The van der Waals surface area contributed by atoms with Crippen LogP contribution in [0.15, 0.2) is 119 Å². The average Bonchev–Trinajstić information content (AvgIpc) is 1.59. The first-order valence-corrected chi connectivity index (χ1v) is 29.4. The number of fused-ring (bicyclic) bond motifs is 6. The second-order valence-electron chi connectivity index (χ2n) is 21.0. The van der Waals surface area contributed by atoms with Crippen molar-refractivity contribution < 1.29 is 51.4 Å². The molecular weight excluding hydrogens is 1080 g/mol. The molecule has 12 rings (SSSR count). The van der Waals surface area contributed by atoms with Crippen molar-refractivity contribution in [3.63, 3.8) is 0 Å². The molecule has 80 heavy (non-hydrogen) atoms. The molecule has 6 heterocycles. The van der Waals surface area contributed by atoms with Crippen molar-refractivity contribution in [3.8, 4) is 22.5 Å². The number of aryl methyl sites for hydroxylation is 4. The van der Waals surface area contributed by atoms with Crippen LogP contribution in [0.1, 0.15) is 94.2 Å². The van der Waals surface area contributed by atoms with E-state index in [-0.39, 0.29) is 129 Å². The molecule has 2 unspecified atom stereocenters. The van der Waals surface area contributed by atoms with Crippen molar-refractivity contribution in [1.29, 1.82) is 0 Å². The molecule has 2 aliphatic carbocycles. The van der Waals surface area contributed by atoms with Gasteiger partial charge in [0, 0.05) is 84.0 Å². The lowest BCUT2D eigenvalue weighted by atomic mass is 9.79. The van der Waals surface area contributed by atoms with Crippen LogP contribution < -0.4 is 0 Å². The summed E-state index contributed by atoms with van der Waals surface area (Å²) in [5, 5.41) is 15.7. The van der Waals surface area contributed by atoms with Crippen molar-refractivity contribution in [2.45, 2.75) is 98.8 Å². The topological polar surface area (TPSA) is 165 Å². The maximum absolute atomic E-state index is 15.9. The molecule has 0 saturated heterocycles. The van der Waals surface area contributed by atoms with Gasteiger partial charge in [0.2, 0.25) is 11.8 Å². The van der Waals surface area contributed by atoms with Gasteiger partial charge in [0.25, 0.3) is 0 Å². The number of hydrogen-bond donors (Lipinski definition) is 0. The fourth-order valence-corrected chi connectivity index (χ4v) is 13.2. The Kier molecular flexibility index (Phi) is 12.0. The van der Waals surface area contributed by atoms with Crippen molar-refractivity contribution in [1.82, 2.24) is 49.1 Å². The number of rotatable bonds is 10. The number of benzene rings is 4. The number of halogens is 6. The summed E-state index contributed by atoms with van der Waals surface area (Å²) in [6.45, 7) is -5.16. The molecule has 0 spiro atoms. The van der Waals surface area contributed by atoms with E-state index >= 15 is 8.78 Å². The number of pyridine rings is 2. The highest BCUT2D eigenvalue weighted by molar-refractivity contribution is 7.91. The first-order chi connectivity index (χ1) is 40.3. The molecule has 2 saturated carbocycles. The van der Waals surface area contributed by atoms with Gasteiger partial charge in [-0.15, -0.1) is 10.2 Å². The fourth-order valence-electron chi connectivity index (χ4n) is 11.9. The molecule has 2 aliphatic rings. The smallest absolute Gasteiger partial charge is 0.248 e. The van der Waals surface area contributed by atoms with Crippen LogP contribution in [-0.4, -0.2) is 90.3 Å². The minimum atomic E-state index is -3.83. The molecular formula is C58H56F6N10O4S2. The summed E-state index contributed by atoms with van der Waals surface area (Å²) in [6, 6.07) is 25.2. The van der Waals surface area contributed by atoms with E-state index in [2.05, 4.69) is 30.6 Å². The van der Waals surface area contributed by atoms with Crippen LogP contribution in [0.2, 0.25) is 0 Å². The summed E-state index contributed by atoms with van der Waals surface area (Å²) in [7, 11) is -4.56. The molecule has 0 N–H and O–H groups in total. The van der Waals surface area contributed by atoms with Crippen LogP contribution in [0.5, 0.6) is 0 Å². The van der Waals surface area contributed by atoms with Gasteiger partial charge >= 0.3 is 0 Å². The van der Waals surface area contributed by atoms with Crippen LogP contribution in [0, 0.1) is 37.2 Å². The van der Waals surface area contributed by atoms with Crippen molar-refractivity contribution in [2.24, 2.45) is 25.9 Å². The van der Waals surface area contributed by atoms with Gasteiger partial charge in [-0.3, -0.25) is 9.97 Å². The minimum absolute atomic E-state index is 0.0789. The normalized spacial score (nSPS) is 18.5. The Morgan fingerprint density at radius 1 is 0.550 bits per heavy atom. The third kappa shape index (κ3) is 10.0. The Bertz CT molecular complexity index is 4210. The SMILES string of the molecule is [2H]C([2H])([2H])c1nnn(C)c1-c1cnc2c3c(F)cc(S(C)(=O)=O)cc3n(C(c3ccccc3)C3CCC(F)(F)CC3)c2c1.[2H]C([2H])([2H])c1nnn(C)c1-c1cnc2c3c(F)cc(S(C)(=O)=O)cc3n(C(c3ccccc3)C3CCC(F)(F)CC3)c2c1. The number of aromatic nitrogens is 10. The summed E-state index contributed by atoms with van der Waals surface area (Å²) in [5.74, 6) is -7.78. The van der Waals surface area contributed by atoms with Crippen LogP contribution in [0.3, 0.4) is 0 Å². The maximum Gasteiger partial charge on any atom is 0.248 e. The highest BCUT2D eigenvalue weighted by Crippen LogP contribution is 2.49. The van der Waals surface area contributed by atoms with Gasteiger partial charge in [0.15, 0.2) is 19.7 Å². The largest absolute Gasteiger partial charge is 0.331 e. The first-order valence-electron chi connectivity index (χ1n) is 28.6. The van der Waals surface area contributed by atoms with E-state index in [1.54, 1.807) is 35.4 Å². The molecule has 22 heteroatoms. The van der Waals surface area contributed by atoms with Gasteiger partial charge in [-0.05, 0) is 98.7 Å². The number of sulfone groups is 2. The zero-order valence-electron chi connectivity index (χ0n) is 49.5. The lowest BCUT2D eigenvalue weighted by Gasteiger charge is -2.35. The zero-order valence-corrected chi connectivity index (χ0v) is 45.2. The Morgan fingerprint density at radius 3 is 1.25 bits per heavy atom. The molecule has 416 valence electrons. The van der Waals surface area contributed by atoms with E-state index in [1.807, 2.05) is 60.7 Å². The van der Waals surface area contributed by atoms with Gasteiger partial charge in [0.1, 0.15) is 11.6 Å². The predicted octanol–water partition coefficient (Wildman–Crippen LogP) is 12.5. The summed E-state index contributed by atoms with van der Waals surface area (Å²) in [5.41, 5.74) is 3.87. The van der Waals surface area contributed by atoms with Crippen molar-refractivity contribution in [3.05, 3.63) is 144 Å². The summed E-state index contributed by atoms with van der Waals surface area (Å²) in [4.78, 5) is 8.66.